The SMILES string of the molecule is CN(C=O)CCC1CCN(c2cccc(C(=O)O)n2)C1. The van der Waals surface area contributed by atoms with Gasteiger partial charge in [-0.25, -0.2) is 9.78 Å². The van der Waals surface area contributed by atoms with E-state index in [0.29, 0.717) is 5.92 Å². The minimum absolute atomic E-state index is 0.0756. The molecular formula is C14H19N3O3. The summed E-state index contributed by atoms with van der Waals surface area (Å²) in [4.78, 5) is 29.4. The molecule has 1 aliphatic rings. The smallest absolute Gasteiger partial charge is 0.354 e. The number of carbonyl (C=O) groups excluding carboxylic acids is 1. The van der Waals surface area contributed by atoms with E-state index in [0.717, 1.165) is 44.7 Å². The molecule has 1 aliphatic heterocycles. The molecule has 0 bridgehead atoms. The normalized spacial score (nSPS) is 18.1. The second-order valence-electron chi connectivity index (χ2n) is 5.16. The quantitative estimate of drug-likeness (QED) is 0.788. The molecule has 0 aliphatic carbocycles. The highest BCUT2D eigenvalue weighted by molar-refractivity contribution is 5.85. The number of aromatic nitrogens is 1. The molecule has 2 heterocycles. The molecule has 1 saturated heterocycles. The van der Waals surface area contributed by atoms with Gasteiger partial charge in [-0.15, -0.1) is 0 Å². The monoisotopic (exact) mass is 277 g/mol. The number of nitrogens with zero attached hydrogens (tertiary/aromatic N) is 3. The van der Waals surface area contributed by atoms with Gasteiger partial charge in [0.15, 0.2) is 5.69 Å². The van der Waals surface area contributed by atoms with Crippen LogP contribution in [0.2, 0.25) is 0 Å². The molecule has 108 valence electrons. The Morgan fingerprint density at radius 3 is 3.10 bits per heavy atom. The van der Waals surface area contributed by atoms with E-state index in [-0.39, 0.29) is 5.69 Å². The van der Waals surface area contributed by atoms with E-state index in [2.05, 4.69) is 9.88 Å². The first kappa shape index (κ1) is 14.3. The van der Waals surface area contributed by atoms with Gasteiger partial charge in [0.1, 0.15) is 5.82 Å². The van der Waals surface area contributed by atoms with Crippen LogP contribution in [0.15, 0.2) is 18.2 Å². The van der Waals surface area contributed by atoms with Gasteiger partial charge in [-0.3, -0.25) is 4.79 Å². The standard InChI is InChI=1S/C14H19N3O3/c1-16(10-18)7-5-11-6-8-17(9-11)13-4-2-3-12(15-13)14(19)20/h2-4,10-11H,5-9H2,1H3,(H,19,20). The maximum atomic E-state index is 10.9. The number of rotatable bonds is 6. The number of aromatic carboxylic acids is 1. The average molecular weight is 277 g/mol. The fourth-order valence-electron chi connectivity index (χ4n) is 2.43. The van der Waals surface area contributed by atoms with E-state index < -0.39 is 5.97 Å². The van der Waals surface area contributed by atoms with Crippen molar-refractivity contribution in [3.8, 4) is 0 Å². The number of pyridine rings is 1. The topological polar surface area (TPSA) is 73.7 Å². The van der Waals surface area contributed by atoms with Crippen LogP contribution in [0, 0.1) is 5.92 Å². The van der Waals surface area contributed by atoms with Crippen LogP contribution in [0.4, 0.5) is 5.82 Å². The summed E-state index contributed by atoms with van der Waals surface area (Å²) >= 11 is 0. The Kier molecular flexibility index (Phi) is 4.55. The molecule has 1 atom stereocenters. The van der Waals surface area contributed by atoms with E-state index >= 15 is 0 Å². The summed E-state index contributed by atoms with van der Waals surface area (Å²) in [6, 6.07) is 5.06. The van der Waals surface area contributed by atoms with Crippen molar-refractivity contribution in [2.24, 2.45) is 5.92 Å². The van der Waals surface area contributed by atoms with E-state index in [1.165, 1.54) is 6.07 Å². The van der Waals surface area contributed by atoms with Gasteiger partial charge in [0.05, 0.1) is 0 Å². The number of hydrogen-bond acceptors (Lipinski definition) is 4. The number of carbonyl (C=O) groups is 2. The molecule has 6 nitrogen and oxygen atoms in total. The number of anilines is 1. The highest BCUT2D eigenvalue weighted by atomic mass is 16.4. The molecule has 0 spiro atoms. The Balaban J connectivity index is 1.93. The predicted molar refractivity (Wildman–Crippen MR) is 74.8 cm³/mol. The third-order valence-corrected chi connectivity index (χ3v) is 3.63. The summed E-state index contributed by atoms with van der Waals surface area (Å²) in [5.41, 5.74) is 0.0756. The maximum Gasteiger partial charge on any atom is 0.354 e. The van der Waals surface area contributed by atoms with Crippen LogP contribution in [-0.2, 0) is 4.79 Å². The fraction of sp³-hybridized carbons (Fsp3) is 0.500. The molecule has 1 aromatic heterocycles. The van der Waals surface area contributed by atoms with Gasteiger partial charge in [-0.1, -0.05) is 6.07 Å². The molecule has 0 radical (unpaired) electrons. The highest BCUT2D eigenvalue weighted by Gasteiger charge is 2.24. The second-order valence-corrected chi connectivity index (χ2v) is 5.16. The van der Waals surface area contributed by atoms with Crippen LogP contribution in [0.1, 0.15) is 23.3 Å². The van der Waals surface area contributed by atoms with E-state index in [1.54, 1.807) is 18.0 Å². The number of carboxylic acid groups (broad SMARTS) is 1. The largest absolute Gasteiger partial charge is 0.477 e. The molecule has 0 saturated carbocycles. The van der Waals surface area contributed by atoms with E-state index in [4.69, 9.17) is 5.11 Å². The van der Waals surface area contributed by atoms with Gasteiger partial charge < -0.3 is 14.9 Å². The molecule has 1 unspecified atom stereocenters. The molecule has 6 heteroatoms. The van der Waals surface area contributed by atoms with Crippen LogP contribution in [0.3, 0.4) is 0 Å². The first-order valence-electron chi connectivity index (χ1n) is 6.71. The third-order valence-electron chi connectivity index (χ3n) is 3.63. The zero-order valence-corrected chi connectivity index (χ0v) is 11.5. The van der Waals surface area contributed by atoms with Crippen LogP contribution in [0.5, 0.6) is 0 Å². The second kappa shape index (κ2) is 6.36. The van der Waals surface area contributed by atoms with Crippen LogP contribution in [-0.4, -0.2) is 54.1 Å². The lowest BCUT2D eigenvalue weighted by molar-refractivity contribution is -0.117. The Morgan fingerprint density at radius 2 is 2.40 bits per heavy atom. The summed E-state index contributed by atoms with van der Waals surface area (Å²) in [5, 5.41) is 8.96. The predicted octanol–water partition coefficient (Wildman–Crippen LogP) is 1.08. The van der Waals surface area contributed by atoms with Gasteiger partial charge in [-0.05, 0) is 30.9 Å². The number of amides is 1. The van der Waals surface area contributed by atoms with Crippen molar-refractivity contribution in [3.05, 3.63) is 23.9 Å². The zero-order chi connectivity index (χ0) is 14.5. The summed E-state index contributed by atoms with van der Waals surface area (Å²) in [6.45, 7) is 2.50. The lowest BCUT2D eigenvalue weighted by Gasteiger charge is -2.18. The lowest BCUT2D eigenvalue weighted by Crippen LogP contribution is -2.24. The first-order valence-corrected chi connectivity index (χ1v) is 6.71. The van der Waals surface area contributed by atoms with Crippen molar-refractivity contribution >= 4 is 18.2 Å². The lowest BCUT2D eigenvalue weighted by atomic mass is 10.1. The molecule has 1 amide bonds. The van der Waals surface area contributed by atoms with E-state index in [9.17, 15) is 9.59 Å². The van der Waals surface area contributed by atoms with Crippen LogP contribution < -0.4 is 4.90 Å². The Hall–Kier alpha value is -2.11. The third kappa shape index (κ3) is 3.46. The number of hydrogen-bond donors (Lipinski definition) is 1. The molecular weight excluding hydrogens is 258 g/mol. The minimum Gasteiger partial charge on any atom is -0.477 e. The van der Waals surface area contributed by atoms with Gasteiger partial charge in [0.2, 0.25) is 6.41 Å². The maximum absolute atomic E-state index is 10.9. The first-order chi connectivity index (χ1) is 9.60. The van der Waals surface area contributed by atoms with Crippen molar-refractivity contribution in [2.75, 3.05) is 31.6 Å². The molecule has 0 aromatic carbocycles. The van der Waals surface area contributed by atoms with E-state index in [1.807, 2.05) is 6.07 Å². The van der Waals surface area contributed by atoms with Gasteiger partial charge in [0, 0.05) is 26.7 Å². The van der Waals surface area contributed by atoms with Crippen molar-refractivity contribution in [3.63, 3.8) is 0 Å². The summed E-state index contributed by atoms with van der Waals surface area (Å²) < 4.78 is 0. The molecule has 1 aromatic rings. The Labute approximate surface area is 118 Å². The minimum atomic E-state index is -1.00. The van der Waals surface area contributed by atoms with Crippen LogP contribution >= 0.6 is 0 Å². The molecule has 20 heavy (non-hydrogen) atoms. The fourth-order valence-corrected chi connectivity index (χ4v) is 2.43. The molecule has 1 fully saturated rings. The zero-order valence-electron chi connectivity index (χ0n) is 11.5. The summed E-state index contributed by atoms with van der Waals surface area (Å²) in [7, 11) is 1.78. The average Bonchev–Trinajstić information content (AvgIpc) is 2.93. The van der Waals surface area contributed by atoms with Crippen molar-refractivity contribution < 1.29 is 14.7 Å². The van der Waals surface area contributed by atoms with Gasteiger partial charge in [0.25, 0.3) is 0 Å². The van der Waals surface area contributed by atoms with Crippen molar-refractivity contribution in [1.82, 2.24) is 9.88 Å². The van der Waals surface area contributed by atoms with Crippen LogP contribution in [0.25, 0.3) is 0 Å². The summed E-state index contributed by atoms with van der Waals surface area (Å²) in [5.74, 6) is 0.235. The van der Waals surface area contributed by atoms with Gasteiger partial charge in [-0.2, -0.15) is 0 Å². The Morgan fingerprint density at radius 1 is 1.60 bits per heavy atom. The summed E-state index contributed by atoms with van der Waals surface area (Å²) in [6.07, 6.45) is 2.85. The van der Waals surface area contributed by atoms with Gasteiger partial charge >= 0.3 is 5.97 Å². The van der Waals surface area contributed by atoms with Crippen molar-refractivity contribution in [2.45, 2.75) is 12.8 Å². The highest BCUT2D eigenvalue weighted by Crippen LogP contribution is 2.24. The Bertz CT molecular complexity index is 492. The molecule has 2 rings (SSSR count). The number of carboxylic acids is 1. The van der Waals surface area contributed by atoms with Crippen molar-refractivity contribution in [1.29, 1.82) is 0 Å². The molecule has 1 N–H and O–H groups in total.